The number of nitrogens with zero attached hydrogens (tertiary/aromatic N) is 2. The van der Waals surface area contributed by atoms with Crippen LogP contribution in [0.15, 0.2) is 71.8 Å². The highest BCUT2D eigenvalue weighted by Gasteiger charge is 2.39. The zero-order valence-electron chi connectivity index (χ0n) is 23.9. The summed E-state index contributed by atoms with van der Waals surface area (Å²) in [5.74, 6) is 1.67. The molecule has 1 atom stereocenters. The Labute approximate surface area is 245 Å². The van der Waals surface area contributed by atoms with Crippen LogP contribution in [0.3, 0.4) is 0 Å². The number of carbonyl (C=O) groups excluding carboxylic acids is 1. The number of benzene rings is 3. The number of amides is 1. The standard InChI is InChI=1S/C31H33N3O7S/c1-38-27-16-20-12-13-32-25(23(20)18-29(27)40-3)15-21-17-28(39-2)30(41-4)19-24(21)33-31(35)26-11-8-14-34(26)42(36,37)22-9-6-5-7-10-22/h5-7,9-10,12-13,16-19,26H,8,11,14-15H2,1-4H3,(H,33,35)/t26-/m1/s1. The van der Waals surface area contributed by atoms with Crippen LogP contribution in [0.1, 0.15) is 24.1 Å². The topological polar surface area (TPSA) is 116 Å². The molecule has 3 aromatic carbocycles. The lowest BCUT2D eigenvalue weighted by Crippen LogP contribution is -2.43. The molecule has 1 aliphatic rings. The highest BCUT2D eigenvalue weighted by molar-refractivity contribution is 7.89. The number of anilines is 1. The first-order valence-corrected chi connectivity index (χ1v) is 14.9. The minimum Gasteiger partial charge on any atom is -0.493 e. The molecule has 0 spiro atoms. The van der Waals surface area contributed by atoms with E-state index in [-0.39, 0.29) is 11.4 Å². The lowest BCUT2D eigenvalue weighted by Gasteiger charge is -2.24. The average molecular weight is 592 g/mol. The van der Waals surface area contributed by atoms with Crippen molar-refractivity contribution in [2.45, 2.75) is 30.2 Å². The van der Waals surface area contributed by atoms with E-state index in [1.54, 1.807) is 50.7 Å². The number of rotatable bonds is 10. The summed E-state index contributed by atoms with van der Waals surface area (Å²) in [5, 5.41) is 4.76. The van der Waals surface area contributed by atoms with Gasteiger partial charge in [-0.3, -0.25) is 9.78 Å². The molecular formula is C31H33N3O7S. The Bertz CT molecular complexity index is 1710. The van der Waals surface area contributed by atoms with E-state index in [2.05, 4.69) is 10.3 Å². The minimum absolute atomic E-state index is 0.158. The Kier molecular flexibility index (Phi) is 8.51. The van der Waals surface area contributed by atoms with Crippen molar-refractivity contribution < 1.29 is 32.2 Å². The number of hydrogen-bond donors (Lipinski definition) is 1. The van der Waals surface area contributed by atoms with Crippen molar-refractivity contribution in [3.05, 3.63) is 78.1 Å². The maximum Gasteiger partial charge on any atom is 0.243 e. The highest BCUT2D eigenvalue weighted by Crippen LogP contribution is 2.38. The summed E-state index contributed by atoms with van der Waals surface area (Å²) in [7, 11) is 2.37. The molecule has 5 rings (SSSR count). The van der Waals surface area contributed by atoms with E-state index in [4.69, 9.17) is 18.9 Å². The van der Waals surface area contributed by atoms with Gasteiger partial charge in [0.25, 0.3) is 0 Å². The maximum absolute atomic E-state index is 13.7. The molecule has 0 radical (unpaired) electrons. The van der Waals surface area contributed by atoms with Crippen LogP contribution < -0.4 is 24.3 Å². The molecular weight excluding hydrogens is 558 g/mol. The van der Waals surface area contributed by atoms with Gasteiger partial charge in [0.05, 0.1) is 39.0 Å². The van der Waals surface area contributed by atoms with Gasteiger partial charge in [0.15, 0.2) is 23.0 Å². The third kappa shape index (κ3) is 5.57. The molecule has 0 saturated carbocycles. The lowest BCUT2D eigenvalue weighted by molar-refractivity contribution is -0.119. The molecule has 1 N–H and O–H groups in total. The van der Waals surface area contributed by atoms with Crippen LogP contribution >= 0.6 is 0 Å². The van der Waals surface area contributed by atoms with Gasteiger partial charge in [-0.25, -0.2) is 8.42 Å². The number of fused-ring (bicyclic) bond motifs is 1. The normalized spacial score (nSPS) is 15.4. The van der Waals surface area contributed by atoms with Gasteiger partial charge in [0, 0.05) is 36.3 Å². The maximum atomic E-state index is 13.7. The molecule has 2 heterocycles. The fourth-order valence-electron chi connectivity index (χ4n) is 5.30. The summed E-state index contributed by atoms with van der Waals surface area (Å²) >= 11 is 0. The SMILES string of the molecule is COc1cc(Cc2nccc3cc(OC)c(OC)cc23)c(NC(=O)[C@H]2CCCN2S(=O)(=O)c2ccccc2)cc1OC. The molecule has 220 valence electrons. The molecule has 1 aromatic heterocycles. The van der Waals surface area contributed by atoms with E-state index in [1.165, 1.54) is 30.7 Å². The van der Waals surface area contributed by atoms with E-state index >= 15 is 0 Å². The summed E-state index contributed by atoms with van der Waals surface area (Å²) in [6.07, 6.45) is 3.04. The van der Waals surface area contributed by atoms with Crippen molar-refractivity contribution >= 4 is 32.4 Å². The highest BCUT2D eigenvalue weighted by atomic mass is 32.2. The summed E-state index contributed by atoms with van der Waals surface area (Å²) in [5.41, 5.74) is 1.93. The smallest absolute Gasteiger partial charge is 0.243 e. The third-order valence-corrected chi connectivity index (χ3v) is 9.35. The fraction of sp³-hybridized carbons (Fsp3) is 0.290. The Hall–Kier alpha value is -4.35. The number of methoxy groups -OCH3 is 4. The Morgan fingerprint density at radius 3 is 2.24 bits per heavy atom. The summed E-state index contributed by atoms with van der Waals surface area (Å²) < 4.78 is 50.1. The number of sulfonamides is 1. The van der Waals surface area contributed by atoms with Crippen molar-refractivity contribution in [1.82, 2.24) is 9.29 Å². The number of carbonyl (C=O) groups is 1. The summed E-state index contributed by atoms with van der Waals surface area (Å²) in [6, 6.07) is 16.4. The molecule has 1 amide bonds. The summed E-state index contributed by atoms with van der Waals surface area (Å²) in [4.78, 5) is 18.5. The van der Waals surface area contributed by atoms with Gasteiger partial charge in [-0.2, -0.15) is 4.31 Å². The van der Waals surface area contributed by atoms with Crippen molar-refractivity contribution in [1.29, 1.82) is 0 Å². The van der Waals surface area contributed by atoms with Crippen molar-refractivity contribution in [2.75, 3.05) is 40.3 Å². The van der Waals surface area contributed by atoms with E-state index in [0.717, 1.165) is 16.5 Å². The van der Waals surface area contributed by atoms with E-state index < -0.39 is 22.0 Å². The third-order valence-electron chi connectivity index (χ3n) is 7.43. The molecule has 1 fully saturated rings. The predicted molar refractivity (Wildman–Crippen MR) is 159 cm³/mol. The second-order valence-corrected chi connectivity index (χ2v) is 11.7. The Morgan fingerprint density at radius 2 is 1.55 bits per heavy atom. The summed E-state index contributed by atoms with van der Waals surface area (Å²) in [6.45, 7) is 0.263. The van der Waals surface area contributed by atoms with Crippen molar-refractivity contribution in [3.63, 3.8) is 0 Å². The first kappa shape index (κ1) is 29.2. The van der Waals surface area contributed by atoms with Gasteiger partial charge >= 0.3 is 0 Å². The molecule has 0 aliphatic carbocycles. The molecule has 4 aromatic rings. The van der Waals surface area contributed by atoms with Crippen LogP contribution in [-0.2, 0) is 21.2 Å². The molecule has 10 nitrogen and oxygen atoms in total. The van der Waals surface area contributed by atoms with Gasteiger partial charge in [0.2, 0.25) is 15.9 Å². The largest absolute Gasteiger partial charge is 0.493 e. The van der Waals surface area contributed by atoms with Crippen LogP contribution in [-0.4, -0.2) is 64.6 Å². The first-order valence-electron chi connectivity index (χ1n) is 13.4. The van der Waals surface area contributed by atoms with Gasteiger partial charge in [0.1, 0.15) is 6.04 Å². The number of aromatic nitrogens is 1. The molecule has 11 heteroatoms. The van der Waals surface area contributed by atoms with Crippen LogP contribution in [0.25, 0.3) is 10.8 Å². The van der Waals surface area contributed by atoms with Crippen molar-refractivity contribution in [3.8, 4) is 23.0 Å². The number of hydrogen-bond acceptors (Lipinski definition) is 8. The second kappa shape index (κ2) is 12.3. The van der Waals surface area contributed by atoms with Gasteiger partial charge in [-0.15, -0.1) is 0 Å². The van der Waals surface area contributed by atoms with Gasteiger partial charge < -0.3 is 24.3 Å². The molecule has 1 saturated heterocycles. The minimum atomic E-state index is -3.85. The molecule has 0 unspecified atom stereocenters. The average Bonchev–Trinajstić information content (AvgIpc) is 3.53. The van der Waals surface area contributed by atoms with Crippen molar-refractivity contribution in [2.24, 2.45) is 0 Å². The fourth-order valence-corrected chi connectivity index (χ4v) is 6.98. The number of nitrogens with one attached hydrogen (secondary N) is 1. The number of pyridine rings is 1. The Morgan fingerprint density at radius 1 is 0.905 bits per heavy atom. The predicted octanol–water partition coefficient (Wildman–Crippen LogP) is 4.65. The van der Waals surface area contributed by atoms with E-state index in [0.29, 0.717) is 53.5 Å². The monoisotopic (exact) mass is 591 g/mol. The van der Waals surface area contributed by atoms with E-state index in [1.807, 2.05) is 18.2 Å². The van der Waals surface area contributed by atoms with Crippen LogP contribution in [0, 0.1) is 0 Å². The van der Waals surface area contributed by atoms with Crippen LogP contribution in [0.4, 0.5) is 5.69 Å². The first-order chi connectivity index (χ1) is 20.3. The number of ether oxygens (including phenoxy) is 4. The van der Waals surface area contributed by atoms with E-state index in [9.17, 15) is 13.2 Å². The molecule has 1 aliphatic heterocycles. The van der Waals surface area contributed by atoms with Crippen LogP contribution in [0.5, 0.6) is 23.0 Å². The van der Waals surface area contributed by atoms with Gasteiger partial charge in [-0.05, 0) is 60.2 Å². The van der Waals surface area contributed by atoms with Crippen LogP contribution in [0.2, 0.25) is 0 Å². The lowest BCUT2D eigenvalue weighted by atomic mass is 10.0. The second-order valence-electron chi connectivity index (χ2n) is 9.80. The molecule has 0 bridgehead atoms. The quantitative estimate of drug-likeness (QED) is 0.283. The Balaban J connectivity index is 1.51. The zero-order valence-corrected chi connectivity index (χ0v) is 24.7. The zero-order chi connectivity index (χ0) is 29.9. The molecule has 42 heavy (non-hydrogen) atoms. The van der Waals surface area contributed by atoms with Gasteiger partial charge in [-0.1, -0.05) is 18.2 Å².